The zero-order valence-electron chi connectivity index (χ0n) is 14.9. The number of hydrogen-bond acceptors (Lipinski definition) is 6. The lowest BCUT2D eigenvalue weighted by Gasteiger charge is -2.14. The Labute approximate surface area is 165 Å². The Morgan fingerprint density at radius 1 is 1.35 bits per heavy atom. The van der Waals surface area contributed by atoms with E-state index in [1.54, 1.807) is 23.1 Å². The second kappa shape index (κ2) is 7.66. The van der Waals surface area contributed by atoms with Crippen LogP contribution in [0, 0.1) is 6.92 Å². The van der Waals surface area contributed by atoms with Crippen LogP contribution in [0.2, 0.25) is 0 Å². The number of nitrogens with zero attached hydrogens (tertiary/aromatic N) is 2. The first-order chi connectivity index (χ1) is 12.6. The monoisotopic (exact) mass is 403 g/mol. The van der Waals surface area contributed by atoms with Gasteiger partial charge in [0.1, 0.15) is 15.7 Å². The van der Waals surface area contributed by atoms with Crippen molar-refractivity contribution >= 4 is 50.6 Å². The summed E-state index contributed by atoms with van der Waals surface area (Å²) >= 11 is 5.03. The fraction of sp³-hybridized carbons (Fsp3) is 0.421. The number of aryl methyl sites for hydroxylation is 3. The zero-order chi connectivity index (χ0) is 18.1. The molecule has 0 saturated carbocycles. The van der Waals surface area contributed by atoms with Gasteiger partial charge < -0.3 is 5.32 Å². The minimum atomic E-state index is -0.188. The van der Waals surface area contributed by atoms with Gasteiger partial charge in [-0.05, 0) is 56.5 Å². The predicted octanol–water partition coefficient (Wildman–Crippen LogP) is 4.74. The highest BCUT2D eigenvalue weighted by Gasteiger charge is 2.23. The van der Waals surface area contributed by atoms with E-state index in [4.69, 9.17) is 4.98 Å². The van der Waals surface area contributed by atoms with Crippen molar-refractivity contribution in [2.24, 2.45) is 0 Å². The Kier molecular flexibility index (Phi) is 5.29. The number of carbonyl (C=O) groups is 1. The molecule has 136 valence electrons. The van der Waals surface area contributed by atoms with Crippen molar-refractivity contribution in [2.75, 3.05) is 0 Å². The predicted molar refractivity (Wildman–Crippen MR) is 110 cm³/mol. The second-order valence-corrected chi connectivity index (χ2v) is 9.97. The second-order valence-electron chi connectivity index (χ2n) is 6.52. The first-order valence-electron chi connectivity index (χ1n) is 8.87. The van der Waals surface area contributed by atoms with E-state index in [2.05, 4.69) is 10.3 Å². The number of thioether (sulfide) groups is 1. The third-order valence-corrected chi connectivity index (χ3v) is 7.72. The number of aromatic nitrogens is 2. The number of carbonyl (C=O) groups excluding carboxylic acids is 1. The van der Waals surface area contributed by atoms with Crippen LogP contribution in [0.1, 0.15) is 40.9 Å². The van der Waals surface area contributed by atoms with Gasteiger partial charge in [0, 0.05) is 15.1 Å². The van der Waals surface area contributed by atoms with E-state index in [9.17, 15) is 4.79 Å². The van der Waals surface area contributed by atoms with E-state index in [0.29, 0.717) is 6.54 Å². The number of fused-ring (bicyclic) bond motifs is 3. The lowest BCUT2D eigenvalue weighted by molar-refractivity contribution is -0.120. The highest BCUT2D eigenvalue weighted by molar-refractivity contribution is 8.00. The molecule has 1 aliphatic rings. The van der Waals surface area contributed by atoms with Gasteiger partial charge in [-0.15, -0.1) is 22.7 Å². The molecule has 1 N–H and O–H groups in total. The standard InChI is InChI=1S/C19H21N3OS3/c1-11(17(23)20-10-13-6-5-9-24-13)25-18-16-14-7-3-4-8-15(14)26-19(16)22-12(2)21-18/h5-6,9,11H,3-4,7-8,10H2,1-2H3,(H,20,23)/t11-/m0/s1. The quantitative estimate of drug-likeness (QED) is 0.494. The van der Waals surface area contributed by atoms with Crippen LogP contribution in [0.25, 0.3) is 10.2 Å². The van der Waals surface area contributed by atoms with Crippen molar-refractivity contribution < 1.29 is 4.79 Å². The van der Waals surface area contributed by atoms with Gasteiger partial charge in [-0.25, -0.2) is 9.97 Å². The molecule has 1 aliphatic carbocycles. The third kappa shape index (κ3) is 3.66. The van der Waals surface area contributed by atoms with Gasteiger partial charge >= 0.3 is 0 Å². The molecule has 0 unspecified atom stereocenters. The van der Waals surface area contributed by atoms with E-state index in [-0.39, 0.29) is 11.2 Å². The molecule has 3 aromatic heterocycles. The lowest BCUT2D eigenvalue weighted by Crippen LogP contribution is -2.30. The van der Waals surface area contributed by atoms with Crippen LogP contribution in [0.3, 0.4) is 0 Å². The van der Waals surface area contributed by atoms with Crippen molar-refractivity contribution in [1.82, 2.24) is 15.3 Å². The SMILES string of the molecule is Cc1nc(S[C@@H](C)C(=O)NCc2cccs2)c2c3c(sc2n1)CCCC3. The molecule has 0 fully saturated rings. The number of thiophene rings is 2. The maximum Gasteiger partial charge on any atom is 0.233 e. The summed E-state index contributed by atoms with van der Waals surface area (Å²) < 4.78 is 0. The van der Waals surface area contributed by atoms with Crippen molar-refractivity contribution in [2.45, 2.75) is 56.4 Å². The van der Waals surface area contributed by atoms with Gasteiger partial charge in [-0.2, -0.15) is 0 Å². The number of amides is 1. The maximum absolute atomic E-state index is 12.5. The maximum atomic E-state index is 12.5. The van der Waals surface area contributed by atoms with Gasteiger partial charge in [0.25, 0.3) is 0 Å². The molecular weight excluding hydrogens is 382 g/mol. The molecule has 0 saturated heterocycles. The topological polar surface area (TPSA) is 54.9 Å². The highest BCUT2D eigenvalue weighted by Crippen LogP contribution is 2.40. The van der Waals surface area contributed by atoms with Gasteiger partial charge in [-0.1, -0.05) is 17.8 Å². The summed E-state index contributed by atoms with van der Waals surface area (Å²) in [4.78, 5) is 25.6. The Balaban J connectivity index is 1.56. The van der Waals surface area contributed by atoms with Crippen molar-refractivity contribution in [3.8, 4) is 0 Å². The number of hydrogen-bond donors (Lipinski definition) is 1. The van der Waals surface area contributed by atoms with Gasteiger partial charge in [0.05, 0.1) is 11.8 Å². The fourth-order valence-corrected chi connectivity index (χ4v) is 6.33. The van der Waals surface area contributed by atoms with E-state index < -0.39 is 0 Å². The Bertz CT molecular complexity index is 933. The van der Waals surface area contributed by atoms with E-state index in [0.717, 1.165) is 28.5 Å². The summed E-state index contributed by atoms with van der Waals surface area (Å²) in [5.41, 5.74) is 1.42. The molecule has 0 bridgehead atoms. The molecule has 4 nitrogen and oxygen atoms in total. The molecule has 1 amide bonds. The summed E-state index contributed by atoms with van der Waals surface area (Å²) in [6, 6.07) is 4.04. The molecule has 4 rings (SSSR count). The van der Waals surface area contributed by atoms with E-state index in [1.165, 1.54) is 33.5 Å². The van der Waals surface area contributed by atoms with E-state index >= 15 is 0 Å². The molecular formula is C19H21N3OS3. The third-order valence-electron chi connectivity index (χ3n) is 4.57. The largest absolute Gasteiger partial charge is 0.350 e. The molecule has 0 radical (unpaired) electrons. The lowest BCUT2D eigenvalue weighted by atomic mass is 9.97. The minimum absolute atomic E-state index is 0.0527. The fourth-order valence-electron chi connectivity index (χ4n) is 3.26. The molecule has 0 aromatic carbocycles. The van der Waals surface area contributed by atoms with Crippen LogP contribution in [-0.2, 0) is 24.2 Å². The molecule has 3 heterocycles. The first-order valence-corrected chi connectivity index (χ1v) is 11.4. The zero-order valence-corrected chi connectivity index (χ0v) is 17.3. The minimum Gasteiger partial charge on any atom is -0.350 e. The summed E-state index contributed by atoms with van der Waals surface area (Å²) in [5, 5.41) is 7.03. The van der Waals surface area contributed by atoms with Crippen LogP contribution in [-0.4, -0.2) is 21.1 Å². The molecule has 7 heteroatoms. The summed E-state index contributed by atoms with van der Waals surface area (Å²) in [7, 11) is 0. The first kappa shape index (κ1) is 17.9. The van der Waals surface area contributed by atoms with E-state index in [1.807, 2.05) is 42.7 Å². The Hall–Kier alpha value is -1.44. The normalized spacial score (nSPS) is 15.0. The highest BCUT2D eigenvalue weighted by atomic mass is 32.2. The number of nitrogens with one attached hydrogen (secondary N) is 1. The average Bonchev–Trinajstić information content (AvgIpc) is 3.26. The number of rotatable bonds is 5. The van der Waals surface area contributed by atoms with Crippen molar-refractivity contribution in [1.29, 1.82) is 0 Å². The van der Waals surface area contributed by atoms with Gasteiger partial charge in [0.2, 0.25) is 5.91 Å². The molecule has 0 aliphatic heterocycles. The van der Waals surface area contributed by atoms with Crippen LogP contribution < -0.4 is 5.32 Å². The molecule has 0 spiro atoms. The molecule has 3 aromatic rings. The van der Waals surface area contributed by atoms with Crippen LogP contribution in [0.5, 0.6) is 0 Å². The molecule has 1 atom stereocenters. The Morgan fingerprint density at radius 3 is 3.00 bits per heavy atom. The van der Waals surface area contributed by atoms with Crippen molar-refractivity contribution in [3.05, 3.63) is 38.7 Å². The summed E-state index contributed by atoms with van der Waals surface area (Å²) in [6.07, 6.45) is 4.74. The van der Waals surface area contributed by atoms with Gasteiger partial charge in [-0.3, -0.25) is 4.79 Å². The summed E-state index contributed by atoms with van der Waals surface area (Å²) in [6.45, 7) is 4.48. The van der Waals surface area contributed by atoms with Gasteiger partial charge in [0.15, 0.2) is 0 Å². The van der Waals surface area contributed by atoms with Crippen LogP contribution in [0.15, 0.2) is 22.5 Å². The average molecular weight is 404 g/mol. The van der Waals surface area contributed by atoms with Crippen LogP contribution in [0.4, 0.5) is 0 Å². The Morgan fingerprint density at radius 2 is 2.19 bits per heavy atom. The van der Waals surface area contributed by atoms with Crippen molar-refractivity contribution in [3.63, 3.8) is 0 Å². The van der Waals surface area contributed by atoms with Crippen LogP contribution >= 0.6 is 34.4 Å². The smallest absolute Gasteiger partial charge is 0.233 e. The summed E-state index contributed by atoms with van der Waals surface area (Å²) in [5.74, 6) is 0.835. The molecule has 26 heavy (non-hydrogen) atoms.